The van der Waals surface area contributed by atoms with E-state index in [1.165, 1.54) is 37.5 Å². The molecule has 0 bridgehead atoms. The Morgan fingerprint density at radius 2 is 0.970 bits per heavy atom. The normalized spacial score (nSPS) is 17.9. The van der Waals surface area contributed by atoms with Gasteiger partial charge in [-0.15, -0.1) is 0 Å². The second-order valence-electron chi connectivity index (χ2n) is 17.3. The van der Waals surface area contributed by atoms with Crippen LogP contribution in [-0.4, -0.2) is 81.9 Å². The van der Waals surface area contributed by atoms with Gasteiger partial charge in [0.25, 0.3) is 0 Å². The van der Waals surface area contributed by atoms with Crippen molar-refractivity contribution in [3.8, 4) is 23.0 Å². The number of ether oxygens (including phenoxy) is 8. The summed E-state index contributed by atoms with van der Waals surface area (Å²) in [5.41, 5.74) is 0.492. The Kier molecular flexibility index (Phi) is 22.7. The van der Waals surface area contributed by atoms with E-state index in [4.69, 9.17) is 37.9 Å². The molecule has 0 radical (unpaired) electrons. The molecule has 14 nitrogen and oxygen atoms in total. The summed E-state index contributed by atoms with van der Waals surface area (Å²) in [6.45, 7) is 4.21. The molecule has 2 fully saturated rings. The molecule has 0 saturated heterocycles. The van der Waals surface area contributed by atoms with Crippen LogP contribution in [0.15, 0.2) is 66.7 Å². The third kappa shape index (κ3) is 18.4. The van der Waals surface area contributed by atoms with Gasteiger partial charge in [0.1, 0.15) is 35.2 Å². The van der Waals surface area contributed by atoms with Crippen molar-refractivity contribution >= 4 is 36.1 Å². The number of benzene rings is 3. The van der Waals surface area contributed by atoms with Crippen LogP contribution in [0.2, 0.25) is 0 Å². The van der Waals surface area contributed by atoms with Gasteiger partial charge in [0.2, 0.25) is 0 Å². The van der Waals surface area contributed by atoms with Crippen molar-refractivity contribution < 1.29 is 66.7 Å². The molecule has 0 unspecified atom stereocenters. The molecule has 5 rings (SSSR count). The van der Waals surface area contributed by atoms with Crippen LogP contribution in [0.1, 0.15) is 160 Å². The Morgan fingerprint density at radius 3 is 1.49 bits per heavy atom. The molecule has 0 N–H and O–H groups in total. The molecular formula is C53H68O14. The van der Waals surface area contributed by atoms with Crippen molar-refractivity contribution in [2.45, 2.75) is 141 Å². The van der Waals surface area contributed by atoms with E-state index >= 15 is 0 Å². The smallest absolute Gasteiger partial charge is 0.339 e. The monoisotopic (exact) mass is 928 g/mol. The number of hydrogen-bond acceptors (Lipinski definition) is 14. The Morgan fingerprint density at radius 1 is 0.522 bits per heavy atom. The largest absolute Gasteiger partial charge is 0.494 e. The van der Waals surface area contributed by atoms with Crippen LogP contribution in [0.25, 0.3) is 0 Å². The third-order valence-corrected chi connectivity index (χ3v) is 12.2. The van der Waals surface area contributed by atoms with Crippen molar-refractivity contribution in [1.29, 1.82) is 0 Å². The summed E-state index contributed by atoms with van der Waals surface area (Å²) in [5.74, 6) is -0.888. The van der Waals surface area contributed by atoms with E-state index in [2.05, 4.69) is 0 Å². The van der Waals surface area contributed by atoms with Gasteiger partial charge in [-0.2, -0.15) is 0 Å². The summed E-state index contributed by atoms with van der Waals surface area (Å²) in [6.07, 6.45) is 14.3. The summed E-state index contributed by atoms with van der Waals surface area (Å²) in [6, 6.07) is 18.1. The zero-order valence-corrected chi connectivity index (χ0v) is 39.2. The number of aldehydes is 1. The fourth-order valence-corrected chi connectivity index (χ4v) is 8.13. The molecule has 2 aliphatic rings. The number of carbonyl (C=O) groups is 6. The fourth-order valence-electron chi connectivity index (χ4n) is 8.13. The van der Waals surface area contributed by atoms with Crippen molar-refractivity contribution in [2.75, 3.05) is 33.5 Å². The van der Waals surface area contributed by atoms with E-state index in [0.717, 1.165) is 57.3 Å². The quantitative estimate of drug-likeness (QED) is 0.0221. The maximum Gasteiger partial charge on any atom is 0.339 e. The van der Waals surface area contributed by atoms with Crippen molar-refractivity contribution in [2.24, 2.45) is 11.8 Å². The minimum absolute atomic E-state index is 0.0310. The van der Waals surface area contributed by atoms with Gasteiger partial charge in [-0.25, -0.2) is 9.59 Å². The van der Waals surface area contributed by atoms with Gasteiger partial charge in [-0.3, -0.25) is 19.2 Å². The Bertz CT molecular complexity index is 2000. The highest BCUT2D eigenvalue weighted by atomic mass is 16.6. The highest BCUT2D eigenvalue weighted by Gasteiger charge is 2.32. The Balaban J connectivity index is 0.949. The van der Waals surface area contributed by atoms with E-state index in [-0.39, 0.29) is 40.8 Å². The SMILES string of the molecule is CCC(=O)OCCCCCCOc1ccc(C(=O)OC2CCC(C(=O)Oc3ccc(C(=O)OC4CCC(C(=O)Oc5ccc(OCCCCCCCCOC)cc5)CC4)c(C=O)c3)CC2)cc1. The number of esters is 5. The first kappa shape index (κ1) is 52.2. The van der Waals surface area contributed by atoms with Crippen molar-refractivity contribution in [1.82, 2.24) is 0 Å². The molecular weight excluding hydrogens is 861 g/mol. The maximum absolute atomic E-state index is 13.2. The Labute approximate surface area is 394 Å². The van der Waals surface area contributed by atoms with Gasteiger partial charge in [0.05, 0.1) is 42.8 Å². The lowest BCUT2D eigenvalue weighted by atomic mass is 9.87. The summed E-state index contributed by atoms with van der Waals surface area (Å²) in [7, 11) is 1.73. The molecule has 2 saturated carbocycles. The summed E-state index contributed by atoms with van der Waals surface area (Å²) in [5, 5.41) is 0. The Hall–Kier alpha value is -5.76. The molecule has 0 atom stereocenters. The number of unbranched alkanes of at least 4 members (excludes halogenated alkanes) is 8. The van der Waals surface area contributed by atoms with Crippen molar-refractivity contribution in [3.63, 3.8) is 0 Å². The first-order valence-electron chi connectivity index (χ1n) is 24.2. The molecule has 3 aromatic carbocycles. The van der Waals surface area contributed by atoms with Gasteiger partial charge < -0.3 is 37.9 Å². The highest BCUT2D eigenvalue weighted by molar-refractivity contribution is 5.98. The molecule has 0 spiro atoms. The van der Waals surface area contributed by atoms with E-state index in [1.54, 1.807) is 62.6 Å². The average Bonchev–Trinajstić information content (AvgIpc) is 3.35. The van der Waals surface area contributed by atoms with Crippen LogP contribution in [0.5, 0.6) is 23.0 Å². The number of carbonyl (C=O) groups excluding carboxylic acids is 6. The molecule has 0 amide bonds. The van der Waals surface area contributed by atoms with Gasteiger partial charge in [-0.05, 0) is 157 Å². The lowest BCUT2D eigenvalue weighted by Crippen LogP contribution is -2.30. The van der Waals surface area contributed by atoms with Crippen LogP contribution < -0.4 is 18.9 Å². The van der Waals surface area contributed by atoms with Crippen LogP contribution in [0.4, 0.5) is 0 Å². The molecule has 364 valence electrons. The van der Waals surface area contributed by atoms with E-state index in [9.17, 15) is 28.8 Å². The summed E-state index contributed by atoms with van der Waals surface area (Å²) >= 11 is 0. The average molecular weight is 929 g/mol. The molecule has 2 aliphatic carbocycles. The van der Waals surface area contributed by atoms with E-state index in [1.807, 2.05) is 0 Å². The highest BCUT2D eigenvalue weighted by Crippen LogP contribution is 2.32. The third-order valence-electron chi connectivity index (χ3n) is 12.2. The first-order chi connectivity index (χ1) is 32.6. The standard InChI is InChI=1S/C53H68O14/c1-3-49(55)63-35-13-9-8-12-34-61-42-20-14-38(15-21-42)50(56)64-44-22-16-40(17-23-44)52(58)67-47-30-31-48(41(36-47)37-54)53(59)66-45-24-18-39(19-25-45)51(57)65-46-28-26-43(27-29-46)62-33-11-7-5-4-6-10-32-60-2/h14-15,20-21,26-31,36-37,39-40,44-45H,3-13,16-19,22-25,32-35H2,1-2H3. The summed E-state index contributed by atoms with van der Waals surface area (Å²) < 4.78 is 44.6. The predicted octanol–water partition coefficient (Wildman–Crippen LogP) is 10.4. The fraction of sp³-hybridized carbons (Fsp3) is 0.547. The van der Waals surface area contributed by atoms with Gasteiger partial charge >= 0.3 is 29.8 Å². The minimum Gasteiger partial charge on any atom is -0.494 e. The van der Waals surface area contributed by atoms with Gasteiger partial charge in [0.15, 0.2) is 6.29 Å². The lowest BCUT2D eigenvalue weighted by molar-refractivity contribution is -0.143. The number of hydrogen-bond donors (Lipinski definition) is 0. The molecule has 0 aromatic heterocycles. The second kappa shape index (κ2) is 29.1. The minimum atomic E-state index is -0.670. The van der Waals surface area contributed by atoms with Gasteiger partial charge in [0, 0.05) is 25.7 Å². The number of rotatable bonds is 28. The molecule has 0 aliphatic heterocycles. The zero-order chi connectivity index (χ0) is 47.6. The van der Waals surface area contributed by atoms with Crippen LogP contribution >= 0.6 is 0 Å². The molecule has 14 heteroatoms. The molecule has 3 aromatic rings. The van der Waals surface area contributed by atoms with Crippen LogP contribution in [0, 0.1) is 11.8 Å². The first-order valence-corrected chi connectivity index (χ1v) is 24.2. The summed E-state index contributed by atoms with van der Waals surface area (Å²) in [4.78, 5) is 75.4. The maximum atomic E-state index is 13.2. The molecule has 0 heterocycles. The molecule has 67 heavy (non-hydrogen) atoms. The zero-order valence-electron chi connectivity index (χ0n) is 39.2. The van der Waals surface area contributed by atoms with Crippen LogP contribution in [-0.2, 0) is 33.3 Å². The van der Waals surface area contributed by atoms with E-state index < -0.39 is 29.9 Å². The lowest BCUT2D eigenvalue weighted by Gasteiger charge is -2.27. The topological polar surface area (TPSA) is 176 Å². The predicted molar refractivity (Wildman–Crippen MR) is 249 cm³/mol. The van der Waals surface area contributed by atoms with Gasteiger partial charge in [-0.1, -0.05) is 32.6 Å². The van der Waals surface area contributed by atoms with Crippen LogP contribution in [0.3, 0.4) is 0 Å². The second-order valence-corrected chi connectivity index (χ2v) is 17.3. The van der Waals surface area contributed by atoms with E-state index in [0.29, 0.717) is 101 Å². The van der Waals surface area contributed by atoms with Crippen molar-refractivity contribution in [3.05, 3.63) is 83.4 Å². The number of methoxy groups -OCH3 is 1.